The molecule has 0 spiro atoms. The minimum atomic E-state index is 0.679. The number of fused-ring (bicyclic) bond motifs is 2. The van der Waals surface area contributed by atoms with E-state index in [1.807, 2.05) is 0 Å². The maximum Gasteiger partial charge on any atom is 0.0605 e. The Kier molecular flexibility index (Phi) is 10.4. The highest BCUT2D eigenvalue weighted by atomic mass is 15.3. The van der Waals surface area contributed by atoms with E-state index in [4.69, 9.17) is 0 Å². The van der Waals surface area contributed by atoms with E-state index in [-0.39, 0.29) is 0 Å². The van der Waals surface area contributed by atoms with E-state index in [0.717, 1.165) is 83.3 Å². The van der Waals surface area contributed by atoms with E-state index in [1.54, 1.807) is 38.5 Å². The molecule has 2 aliphatic heterocycles. The van der Waals surface area contributed by atoms with Crippen LogP contribution in [0.25, 0.3) is 0 Å². The summed E-state index contributed by atoms with van der Waals surface area (Å²) in [4.78, 5) is 6.63. The van der Waals surface area contributed by atoms with Crippen molar-refractivity contribution in [2.45, 2.75) is 216 Å². The Morgan fingerprint density at radius 3 is 1.14 bits per heavy atom. The highest BCUT2D eigenvalue weighted by Gasteiger charge is 2.59. The molecule has 0 aromatic heterocycles. The van der Waals surface area contributed by atoms with Crippen molar-refractivity contribution in [1.82, 2.24) is 20.4 Å². The third-order valence-electron chi connectivity index (χ3n) is 18.8. The van der Waals surface area contributed by atoms with Gasteiger partial charge in [0.25, 0.3) is 0 Å². The fraction of sp³-hybridized carbons (Fsp3) is 1.00. The first-order valence-corrected chi connectivity index (χ1v) is 23.8. The molecule has 2 heterocycles. The third kappa shape index (κ3) is 6.42. The van der Waals surface area contributed by atoms with Gasteiger partial charge in [0.05, 0.1) is 12.3 Å². The lowest BCUT2D eigenvalue weighted by atomic mass is 9.46. The molecule has 4 heteroatoms. The Hall–Kier alpha value is -0.160. The van der Waals surface area contributed by atoms with Crippen molar-refractivity contribution in [3.63, 3.8) is 0 Å². The predicted molar refractivity (Wildman–Crippen MR) is 207 cm³/mol. The second-order valence-electron chi connectivity index (χ2n) is 20.9. The number of hydrogen-bond donors (Lipinski definition) is 2. The standard InChI is InChI=1S/C46H78N4/c1-3-15-37(16-4-1)49(43-27-33-11-7-9-13-35(33)29-47-43)41-25-21-31-20-24-40-42(26-22-32-19-23-39(41)45(31)46(32)40)50(38-17-5-2-6-18-38)44-28-34-12-8-10-14-36(34)30-48-44/h31-48H,1-30H2. The number of nitrogens with one attached hydrogen (secondary N) is 2. The molecule has 282 valence electrons. The zero-order valence-electron chi connectivity index (χ0n) is 32.3. The average Bonchev–Trinajstić information content (AvgIpc) is 3.19. The van der Waals surface area contributed by atoms with Crippen molar-refractivity contribution < 1.29 is 0 Å². The van der Waals surface area contributed by atoms with Crippen LogP contribution in [0.1, 0.15) is 180 Å². The van der Waals surface area contributed by atoms with Gasteiger partial charge in [0.1, 0.15) is 0 Å². The molecule has 8 aliphatic carbocycles. The molecule has 4 nitrogen and oxygen atoms in total. The van der Waals surface area contributed by atoms with E-state index < -0.39 is 0 Å². The first-order chi connectivity index (χ1) is 24.8. The quantitative estimate of drug-likeness (QED) is 0.291. The zero-order valence-corrected chi connectivity index (χ0v) is 32.3. The maximum atomic E-state index is 4.33. The fourth-order valence-corrected chi connectivity index (χ4v) is 16.8. The molecule has 10 aliphatic rings. The van der Waals surface area contributed by atoms with Crippen molar-refractivity contribution in [2.24, 2.45) is 59.2 Å². The second kappa shape index (κ2) is 15.2. The van der Waals surface area contributed by atoms with Crippen LogP contribution in [0.3, 0.4) is 0 Å². The van der Waals surface area contributed by atoms with Gasteiger partial charge in [-0.15, -0.1) is 0 Å². The zero-order chi connectivity index (χ0) is 33.0. The number of piperidine rings is 2. The molecule has 0 aromatic carbocycles. The van der Waals surface area contributed by atoms with Crippen molar-refractivity contribution in [1.29, 1.82) is 0 Å². The van der Waals surface area contributed by atoms with Crippen LogP contribution in [0.5, 0.6) is 0 Å². The van der Waals surface area contributed by atoms with E-state index in [1.165, 1.54) is 154 Å². The van der Waals surface area contributed by atoms with Crippen LogP contribution in [0.15, 0.2) is 0 Å². The van der Waals surface area contributed by atoms with Crippen LogP contribution in [0.4, 0.5) is 0 Å². The van der Waals surface area contributed by atoms with Gasteiger partial charge in [-0.2, -0.15) is 0 Å². The van der Waals surface area contributed by atoms with Crippen LogP contribution >= 0.6 is 0 Å². The molecular formula is C46H78N4. The lowest BCUT2D eigenvalue weighted by Gasteiger charge is -2.64. The van der Waals surface area contributed by atoms with E-state index in [9.17, 15) is 0 Å². The van der Waals surface area contributed by atoms with Crippen LogP contribution in [-0.2, 0) is 0 Å². The van der Waals surface area contributed by atoms with Gasteiger partial charge in [0.15, 0.2) is 0 Å². The second-order valence-corrected chi connectivity index (χ2v) is 20.9. The Labute approximate surface area is 308 Å². The van der Waals surface area contributed by atoms with Gasteiger partial charge in [0, 0.05) is 24.2 Å². The van der Waals surface area contributed by atoms with Crippen LogP contribution in [0.2, 0.25) is 0 Å². The number of hydrogen-bond acceptors (Lipinski definition) is 4. The topological polar surface area (TPSA) is 30.5 Å². The van der Waals surface area contributed by atoms with E-state index in [2.05, 4.69) is 20.4 Å². The molecule has 0 bridgehead atoms. The lowest BCUT2D eigenvalue weighted by molar-refractivity contribution is -0.154. The molecule has 14 atom stereocenters. The van der Waals surface area contributed by atoms with Crippen molar-refractivity contribution in [3.8, 4) is 0 Å². The first kappa shape index (κ1) is 34.3. The molecule has 2 saturated heterocycles. The molecule has 0 radical (unpaired) electrons. The van der Waals surface area contributed by atoms with Gasteiger partial charge in [-0.05, 0) is 175 Å². The normalized spacial score (nSPS) is 48.8. The third-order valence-corrected chi connectivity index (χ3v) is 18.8. The van der Waals surface area contributed by atoms with Gasteiger partial charge >= 0.3 is 0 Å². The Bertz CT molecular complexity index is 1030. The van der Waals surface area contributed by atoms with Gasteiger partial charge in [-0.1, -0.05) is 77.0 Å². The van der Waals surface area contributed by atoms with Gasteiger partial charge < -0.3 is 10.6 Å². The van der Waals surface area contributed by atoms with Crippen molar-refractivity contribution in [2.75, 3.05) is 13.1 Å². The predicted octanol–water partition coefficient (Wildman–Crippen LogP) is 10.1. The smallest absolute Gasteiger partial charge is 0.0605 e. The highest BCUT2D eigenvalue weighted by molar-refractivity contribution is 5.10. The molecule has 0 amide bonds. The summed E-state index contributed by atoms with van der Waals surface area (Å²) in [5, 5.41) is 8.65. The van der Waals surface area contributed by atoms with Gasteiger partial charge in [0.2, 0.25) is 0 Å². The molecule has 10 fully saturated rings. The Morgan fingerprint density at radius 1 is 0.320 bits per heavy atom. The highest BCUT2D eigenvalue weighted by Crippen LogP contribution is 2.62. The molecule has 0 aromatic rings. The minimum Gasteiger partial charge on any atom is -0.301 e. The Morgan fingerprint density at radius 2 is 0.700 bits per heavy atom. The SMILES string of the molecule is C1CCC(N(C2CC3CCCCC3CN2)C2CCC3CCC4C5C(CCC2C35)CCC4N(C2CCCCC2)C2CC3CCCCC3CN2)CC1. The summed E-state index contributed by atoms with van der Waals surface area (Å²) in [6, 6.07) is 3.47. The summed E-state index contributed by atoms with van der Waals surface area (Å²) in [5.41, 5.74) is 0. The molecule has 2 N–H and O–H groups in total. The monoisotopic (exact) mass is 687 g/mol. The molecular weight excluding hydrogens is 609 g/mol. The van der Waals surface area contributed by atoms with Gasteiger partial charge in [-0.3, -0.25) is 9.80 Å². The Balaban J connectivity index is 0.931. The average molecular weight is 687 g/mol. The maximum absolute atomic E-state index is 4.33. The van der Waals surface area contributed by atoms with Crippen LogP contribution in [-0.4, -0.2) is 59.4 Å². The summed E-state index contributed by atoms with van der Waals surface area (Å²) >= 11 is 0. The molecule has 50 heavy (non-hydrogen) atoms. The minimum absolute atomic E-state index is 0.679. The fourth-order valence-electron chi connectivity index (χ4n) is 16.8. The molecule has 8 saturated carbocycles. The van der Waals surface area contributed by atoms with Crippen molar-refractivity contribution in [3.05, 3.63) is 0 Å². The molecule has 10 rings (SSSR count). The summed E-state index contributed by atoms with van der Waals surface area (Å²) in [7, 11) is 0. The van der Waals surface area contributed by atoms with Crippen molar-refractivity contribution >= 4 is 0 Å². The van der Waals surface area contributed by atoms with Crippen LogP contribution in [0, 0.1) is 59.2 Å². The number of rotatable bonds is 6. The van der Waals surface area contributed by atoms with E-state index >= 15 is 0 Å². The largest absolute Gasteiger partial charge is 0.301 e. The summed E-state index contributed by atoms with van der Waals surface area (Å²) < 4.78 is 0. The summed E-state index contributed by atoms with van der Waals surface area (Å²) in [5.74, 6) is 10.1. The number of nitrogens with zero attached hydrogens (tertiary/aromatic N) is 2. The lowest BCUT2D eigenvalue weighted by Crippen LogP contribution is -2.67. The first-order valence-electron chi connectivity index (χ1n) is 23.8. The van der Waals surface area contributed by atoms with Crippen LogP contribution < -0.4 is 10.6 Å². The van der Waals surface area contributed by atoms with E-state index in [0.29, 0.717) is 12.3 Å². The summed E-state index contributed by atoms with van der Waals surface area (Å²) in [6.07, 6.45) is 43.8. The van der Waals surface area contributed by atoms with Gasteiger partial charge in [-0.25, -0.2) is 0 Å². The summed E-state index contributed by atoms with van der Waals surface area (Å²) in [6.45, 7) is 2.65. The molecule has 14 unspecified atom stereocenters.